The van der Waals surface area contributed by atoms with Crippen LogP contribution in [0.1, 0.15) is 24.7 Å². The van der Waals surface area contributed by atoms with E-state index in [1.54, 1.807) is 6.26 Å². The molecule has 1 aromatic carbocycles. The molecule has 138 valence electrons. The average molecular weight is 353 g/mol. The van der Waals surface area contributed by atoms with Crippen LogP contribution in [0, 0.1) is 0 Å². The van der Waals surface area contributed by atoms with Crippen LogP contribution in [0.3, 0.4) is 0 Å². The number of piperazine rings is 1. The molecule has 3 heterocycles. The molecule has 0 saturated carbocycles. The van der Waals surface area contributed by atoms with Crippen LogP contribution >= 0.6 is 0 Å². The zero-order valence-corrected chi connectivity index (χ0v) is 15.4. The lowest BCUT2D eigenvalue weighted by Crippen LogP contribution is -2.54. The Labute approximate surface area is 155 Å². The van der Waals surface area contributed by atoms with Crippen molar-refractivity contribution in [1.82, 2.24) is 9.80 Å². The lowest BCUT2D eigenvalue weighted by atomic mass is 10.1. The average Bonchev–Trinajstić information content (AvgIpc) is 3.04. The van der Waals surface area contributed by atoms with E-state index in [2.05, 4.69) is 41.0 Å². The molecule has 4 rings (SSSR count). The number of para-hydroxylation sites is 1. The van der Waals surface area contributed by atoms with Gasteiger partial charge in [0.15, 0.2) is 0 Å². The zero-order valence-electron chi connectivity index (χ0n) is 15.4. The normalized spacial score (nSPS) is 19.7. The van der Waals surface area contributed by atoms with E-state index in [-0.39, 0.29) is 11.9 Å². The van der Waals surface area contributed by atoms with Crippen molar-refractivity contribution >= 4 is 11.6 Å². The SMILES string of the molecule is CC(C(=O)N1CCN(c2ccccc2)CC1)N1CCCc2occc2C1. The minimum atomic E-state index is -0.0841. The predicted octanol–water partition coefficient (Wildman–Crippen LogP) is 2.77. The molecule has 2 aromatic rings. The fourth-order valence-corrected chi connectivity index (χ4v) is 4.04. The minimum Gasteiger partial charge on any atom is -0.469 e. The Balaban J connectivity index is 1.36. The molecule has 2 aliphatic rings. The highest BCUT2D eigenvalue weighted by Gasteiger charge is 2.30. The van der Waals surface area contributed by atoms with Gasteiger partial charge in [-0.2, -0.15) is 0 Å². The van der Waals surface area contributed by atoms with Gasteiger partial charge in [0.05, 0.1) is 12.3 Å². The number of nitrogens with zero attached hydrogens (tertiary/aromatic N) is 3. The van der Waals surface area contributed by atoms with Crippen LogP contribution in [0.5, 0.6) is 0 Å². The van der Waals surface area contributed by atoms with Crippen LogP contribution < -0.4 is 4.90 Å². The number of anilines is 1. The summed E-state index contributed by atoms with van der Waals surface area (Å²) in [4.78, 5) is 19.7. The van der Waals surface area contributed by atoms with Crippen LogP contribution in [-0.2, 0) is 17.8 Å². The summed E-state index contributed by atoms with van der Waals surface area (Å²) in [5.41, 5.74) is 2.48. The molecule has 2 aliphatic heterocycles. The van der Waals surface area contributed by atoms with Crippen LogP contribution in [0.25, 0.3) is 0 Å². The minimum absolute atomic E-state index is 0.0841. The molecule has 1 unspecified atom stereocenters. The predicted molar refractivity (Wildman–Crippen MR) is 102 cm³/mol. The third kappa shape index (κ3) is 3.49. The van der Waals surface area contributed by atoms with Gasteiger partial charge >= 0.3 is 0 Å². The van der Waals surface area contributed by atoms with Gasteiger partial charge < -0.3 is 14.2 Å². The van der Waals surface area contributed by atoms with E-state index >= 15 is 0 Å². The van der Waals surface area contributed by atoms with Crippen molar-refractivity contribution in [2.75, 3.05) is 37.6 Å². The maximum absolute atomic E-state index is 13.0. The molecular formula is C21H27N3O2. The quantitative estimate of drug-likeness (QED) is 0.851. The molecule has 1 aromatic heterocycles. The summed E-state index contributed by atoms with van der Waals surface area (Å²) in [5.74, 6) is 1.34. The van der Waals surface area contributed by atoms with E-state index in [4.69, 9.17) is 4.42 Å². The molecule has 1 fully saturated rings. The van der Waals surface area contributed by atoms with Crippen LogP contribution in [0.4, 0.5) is 5.69 Å². The van der Waals surface area contributed by atoms with Crippen molar-refractivity contribution in [3.8, 4) is 0 Å². The zero-order chi connectivity index (χ0) is 17.9. The first-order valence-corrected chi connectivity index (χ1v) is 9.60. The Kier molecular flexibility index (Phi) is 4.98. The molecule has 0 aliphatic carbocycles. The smallest absolute Gasteiger partial charge is 0.239 e. The molecule has 0 radical (unpaired) electrons. The number of benzene rings is 1. The van der Waals surface area contributed by atoms with Gasteiger partial charge in [-0.1, -0.05) is 18.2 Å². The van der Waals surface area contributed by atoms with E-state index in [0.717, 1.165) is 57.9 Å². The Morgan fingerprint density at radius 3 is 2.58 bits per heavy atom. The number of carbonyl (C=O) groups is 1. The highest BCUT2D eigenvalue weighted by molar-refractivity contribution is 5.81. The van der Waals surface area contributed by atoms with Gasteiger partial charge in [-0.25, -0.2) is 0 Å². The summed E-state index contributed by atoms with van der Waals surface area (Å²) in [6, 6.07) is 12.4. The maximum atomic E-state index is 13.0. The Hall–Kier alpha value is -2.27. The lowest BCUT2D eigenvalue weighted by Gasteiger charge is -2.39. The fraction of sp³-hybridized carbons (Fsp3) is 0.476. The number of fused-ring (bicyclic) bond motifs is 1. The Morgan fingerprint density at radius 1 is 1.04 bits per heavy atom. The first kappa shape index (κ1) is 17.2. The number of rotatable bonds is 3. The van der Waals surface area contributed by atoms with Gasteiger partial charge in [-0.3, -0.25) is 9.69 Å². The number of carbonyl (C=O) groups excluding carboxylic acids is 1. The molecule has 0 N–H and O–H groups in total. The highest BCUT2D eigenvalue weighted by Crippen LogP contribution is 2.22. The van der Waals surface area contributed by atoms with Gasteiger partial charge in [0.1, 0.15) is 5.76 Å². The first-order valence-electron chi connectivity index (χ1n) is 9.60. The molecule has 1 saturated heterocycles. The molecule has 5 nitrogen and oxygen atoms in total. The lowest BCUT2D eigenvalue weighted by molar-refractivity contribution is -0.137. The van der Waals surface area contributed by atoms with Gasteiger partial charge in [0.2, 0.25) is 5.91 Å². The van der Waals surface area contributed by atoms with Crippen LogP contribution in [-0.4, -0.2) is 54.5 Å². The molecule has 0 spiro atoms. The fourth-order valence-electron chi connectivity index (χ4n) is 4.04. The third-order valence-corrected chi connectivity index (χ3v) is 5.68. The number of amides is 1. The van der Waals surface area contributed by atoms with Crippen molar-refractivity contribution in [3.63, 3.8) is 0 Å². The summed E-state index contributed by atoms with van der Waals surface area (Å²) in [7, 11) is 0. The Bertz CT molecular complexity index is 735. The van der Waals surface area contributed by atoms with Gasteiger partial charge in [-0.05, 0) is 38.1 Å². The second-order valence-corrected chi connectivity index (χ2v) is 7.27. The van der Waals surface area contributed by atoms with Crippen LogP contribution in [0.2, 0.25) is 0 Å². The summed E-state index contributed by atoms with van der Waals surface area (Å²) < 4.78 is 5.57. The first-order chi connectivity index (χ1) is 12.7. The van der Waals surface area contributed by atoms with E-state index in [9.17, 15) is 4.79 Å². The van der Waals surface area contributed by atoms with Crippen molar-refractivity contribution in [2.24, 2.45) is 0 Å². The number of furan rings is 1. The summed E-state index contributed by atoms with van der Waals surface area (Å²) in [5, 5.41) is 0. The summed E-state index contributed by atoms with van der Waals surface area (Å²) >= 11 is 0. The third-order valence-electron chi connectivity index (χ3n) is 5.68. The molecule has 5 heteroatoms. The van der Waals surface area contributed by atoms with Gasteiger partial charge in [0, 0.05) is 50.4 Å². The van der Waals surface area contributed by atoms with Crippen molar-refractivity contribution in [2.45, 2.75) is 32.4 Å². The monoisotopic (exact) mass is 353 g/mol. The summed E-state index contributed by atoms with van der Waals surface area (Å²) in [6.07, 6.45) is 3.78. The Morgan fingerprint density at radius 2 is 1.81 bits per heavy atom. The molecule has 0 bridgehead atoms. The second-order valence-electron chi connectivity index (χ2n) is 7.27. The van der Waals surface area contributed by atoms with Gasteiger partial charge in [0.25, 0.3) is 0 Å². The molecule has 1 amide bonds. The van der Waals surface area contributed by atoms with Crippen molar-refractivity contribution < 1.29 is 9.21 Å². The maximum Gasteiger partial charge on any atom is 0.239 e. The molecule has 1 atom stereocenters. The van der Waals surface area contributed by atoms with E-state index in [1.165, 1.54) is 11.3 Å². The largest absolute Gasteiger partial charge is 0.469 e. The van der Waals surface area contributed by atoms with E-state index in [0.29, 0.717) is 0 Å². The van der Waals surface area contributed by atoms with Crippen LogP contribution in [0.15, 0.2) is 47.1 Å². The standard InChI is InChI=1S/C21H27N3O2/c1-17(24-10-5-8-20-18(16-24)9-15-26-20)21(25)23-13-11-22(12-14-23)19-6-3-2-4-7-19/h2-4,6-7,9,15,17H,5,8,10-14,16H2,1H3. The van der Waals surface area contributed by atoms with Crippen molar-refractivity contribution in [3.05, 3.63) is 54.0 Å². The van der Waals surface area contributed by atoms with Crippen molar-refractivity contribution in [1.29, 1.82) is 0 Å². The number of hydrogen-bond acceptors (Lipinski definition) is 4. The summed E-state index contributed by atoms with van der Waals surface area (Å²) in [6.45, 7) is 7.19. The topological polar surface area (TPSA) is 39.9 Å². The molecular weight excluding hydrogens is 326 g/mol. The van der Waals surface area contributed by atoms with Gasteiger partial charge in [-0.15, -0.1) is 0 Å². The number of hydrogen-bond donors (Lipinski definition) is 0. The van der Waals surface area contributed by atoms with E-state index in [1.807, 2.05) is 17.0 Å². The highest BCUT2D eigenvalue weighted by atomic mass is 16.3. The van der Waals surface area contributed by atoms with E-state index < -0.39 is 0 Å². The second kappa shape index (κ2) is 7.54. The number of aryl methyl sites for hydroxylation is 1. The molecule has 26 heavy (non-hydrogen) atoms.